The van der Waals surface area contributed by atoms with Gasteiger partial charge < -0.3 is 10.6 Å². The standard InChI is InChI=1S/C23H22F3N3O/c1-3-4-17-14-21(27-2)19-13-18(10-11-20(19)28-17)29-22(30)12-7-15-5-8-16(9-6-15)23(24,25)26/h5-14H,3-4H2,1-2H3,(H,27,28)(H,29,30)/b12-7+. The Kier molecular flexibility index (Phi) is 6.40. The summed E-state index contributed by atoms with van der Waals surface area (Å²) in [7, 11) is 1.84. The van der Waals surface area contributed by atoms with Gasteiger partial charge in [0.25, 0.3) is 0 Å². The van der Waals surface area contributed by atoms with Gasteiger partial charge in [0.2, 0.25) is 5.91 Å². The van der Waals surface area contributed by atoms with Crippen LogP contribution in [0.2, 0.25) is 0 Å². The molecule has 156 valence electrons. The van der Waals surface area contributed by atoms with Crippen LogP contribution in [0.5, 0.6) is 0 Å². The number of carbonyl (C=O) groups is 1. The molecular weight excluding hydrogens is 391 g/mol. The summed E-state index contributed by atoms with van der Waals surface area (Å²) in [6, 6.07) is 12.1. The van der Waals surface area contributed by atoms with Crippen molar-refractivity contribution in [3.05, 3.63) is 71.4 Å². The third-order valence-electron chi connectivity index (χ3n) is 4.57. The SMILES string of the molecule is CCCc1cc(NC)c2cc(NC(=O)/C=C/c3ccc(C(F)(F)F)cc3)ccc2n1. The Bertz CT molecular complexity index is 1070. The number of alkyl halides is 3. The maximum absolute atomic E-state index is 12.6. The molecule has 3 rings (SSSR count). The van der Waals surface area contributed by atoms with Crippen molar-refractivity contribution in [1.29, 1.82) is 0 Å². The van der Waals surface area contributed by atoms with Crippen LogP contribution in [0.25, 0.3) is 17.0 Å². The van der Waals surface area contributed by atoms with E-state index in [0.29, 0.717) is 11.3 Å². The normalized spacial score (nSPS) is 11.8. The molecule has 3 aromatic rings. The number of anilines is 2. The van der Waals surface area contributed by atoms with Crippen LogP contribution in [0.15, 0.2) is 54.6 Å². The zero-order chi connectivity index (χ0) is 21.7. The number of carbonyl (C=O) groups excluding carboxylic acids is 1. The molecule has 1 heterocycles. The molecule has 0 unspecified atom stereocenters. The number of nitrogens with one attached hydrogen (secondary N) is 2. The lowest BCUT2D eigenvalue weighted by Gasteiger charge is -2.11. The molecule has 0 spiro atoms. The zero-order valence-corrected chi connectivity index (χ0v) is 16.7. The number of nitrogens with zero attached hydrogens (tertiary/aromatic N) is 1. The number of rotatable bonds is 6. The summed E-state index contributed by atoms with van der Waals surface area (Å²) in [5.74, 6) is -0.379. The average molecular weight is 413 g/mol. The molecule has 0 aliphatic carbocycles. The highest BCUT2D eigenvalue weighted by Crippen LogP contribution is 2.29. The van der Waals surface area contributed by atoms with Crippen LogP contribution in [0.4, 0.5) is 24.5 Å². The summed E-state index contributed by atoms with van der Waals surface area (Å²) < 4.78 is 37.8. The number of hydrogen-bond acceptors (Lipinski definition) is 3. The lowest BCUT2D eigenvalue weighted by Crippen LogP contribution is -2.08. The van der Waals surface area contributed by atoms with E-state index >= 15 is 0 Å². The summed E-state index contributed by atoms with van der Waals surface area (Å²) in [5, 5.41) is 6.82. The van der Waals surface area contributed by atoms with E-state index < -0.39 is 11.7 Å². The summed E-state index contributed by atoms with van der Waals surface area (Å²) in [5.41, 5.74) is 3.15. The fourth-order valence-electron chi connectivity index (χ4n) is 3.09. The molecule has 0 fully saturated rings. The number of pyridine rings is 1. The number of amides is 1. The lowest BCUT2D eigenvalue weighted by atomic mass is 10.1. The lowest BCUT2D eigenvalue weighted by molar-refractivity contribution is -0.137. The Labute approximate surface area is 172 Å². The Morgan fingerprint density at radius 3 is 2.47 bits per heavy atom. The van der Waals surface area contributed by atoms with Gasteiger partial charge in [-0.05, 0) is 54.5 Å². The number of aryl methyl sites for hydroxylation is 1. The predicted octanol–water partition coefficient (Wildman–Crippen LogP) is 5.90. The molecule has 2 N–H and O–H groups in total. The van der Waals surface area contributed by atoms with Crippen molar-refractivity contribution in [1.82, 2.24) is 4.98 Å². The molecule has 30 heavy (non-hydrogen) atoms. The van der Waals surface area contributed by atoms with Gasteiger partial charge in [-0.1, -0.05) is 25.5 Å². The van der Waals surface area contributed by atoms with E-state index in [0.717, 1.165) is 47.3 Å². The van der Waals surface area contributed by atoms with Gasteiger partial charge in [0, 0.05) is 35.6 Å². The van der Waals surface area contributed by atoms with E-state index in [1.54, 1.807) is 6.07 Å². The average Bonchev–Trinajstić information content (AvgIpc) is 2.72. The minimum atomic E-state index is -4.38. The molecule has 0 aliphatic rings. The molecule has 0 saturated heterocycles. The van der Waals surface area contributed by atoms with Crippen LogP contribution in [-0.2, 0) is 17.4 Å². The Morgan fingerprint density at radius 2 is 1.83 bits per heavy atom. The molecule has 0 saturated carbocycles. The Morgan fingerprint density at radius 1 is 1.10 bits per heavy atom. The van der Waals surface area contributed by atoms with Crippen molar-refractivity contribution >= 4 is 34.3 Å². The van der Waals surface area contributed by atoms with Gasteiger partial charge in [-0.3, -0.25) is 9.78 Å². The first kappa shape index (κ1) is 21.4. The van der Waals surface area contributed by atoms with Crippen molar-refractivity contribution in [2.75, 3.05) is 17.7 Å². The molecule has 0 radical (unpaired) electrons. The van der Waals surface area contributed by atoms with Crippen LogP contribution in [-0.4, -0.2) is 17.9 Å². The second-order valence-corrected chi connectivity index (χ2v) is 6.84. The maximum Gasteiger partial charge on any atom is 0.416 e. The molecular formula is C23H22F3N3O. The summed E-state index contributed by atoms with van der Waals surface area (Å²) in [6.45, 7) is 2.10. The molecule has 1 aromatic heterocycles. The number of aromatic nitrogens is 1. The highest BCUT2D eigenvalue weighted by atomic mass is 19.4. The van der Waals surface area contributed by atoms with Gasteiger partial charge in [-0.25, -0.2) is 0 Å². The number of benzene rings is 2. The highest BCUT2D eigenvalue weighted by Gasteiger charge is 2.29. The third-order valence-corrected chi connectivity index (χ3v) is 4.57. The van der Waals surface area contributed by atoms with Gasteiger partial charge >= 0.3 is 6.18 Å². The number of halogens is 3. The van der Waals surface area contributed by atoms with E-state index in [1.807, 2.05) is 25.2 Å². The van der Waals surface area contributed by atoms with Gasteiger partial charge in [-0.15, -0.1) is 0 Å². The fraction of sp³-hybridized carbons (Fsp3) is 0.217. The van der Waals surface area contributed by atoms with Crippen LogP contribution < -0.4 is 10.6 Å². The largest absolute Gasteiger partial charge is 0.416 e. The maximum atomic E-state index is 12.6. The van der Waals surface area contributed by atoms with E-state index in [9.17, 15) is 18.0 Å². The van der Waals surface area contributed by atoms with E-state index in [-0.39, 0.29) is 5.91 Å². The molecule has 2 aromatic carbocycles. The van der Waals surface area contributed by atoms with Crippen LogP contribution >= 0.6 is 0 Å². The van der Waals surface area contributed by atoms with Gasteiger partial charge in [0.1, 0.15) is 0 Å². The van der Waals surface area contributed by atoms with E-state index in [2.05, 4.69) is 22.5 Å². The monoisotopic (exact) mass is 413 g/mol. The topological polar surface area (TPSA) is 54.0 Å². The van der Waals surface area contributed by atoms with Crippen molar-refractivity contribution < 1.29 is 18.0 Å². The van der Waals surface area contributed by atoms with Crippen molar-refractivity contribution in [3.8, 4) is 0 Å². The van der Waals surface area contributed by atoms with Crippen LogP contribution in [0, 0.1) is 0 Å². The third kappa shape index (κ3) is 5.17. The van der Waals surface area contributed by atoms with Crippen molar-refractivity contribution in [2.45, 2.75) is 25.9 Å². The molecule has 0 atom stereocenters. The first-order chi connectivity index (χ1) is 14.3. The first-order valence-corrected chi connectivity index (χ1v) is 9.58. The van der Waals surface area contributed by atoms with E-state index in [4.69, 9.17) is 0 Å². The quantitative estimate of drug-likeness (QED) is 0.495. The molecule has 1 amide bonds. The van der Waals surface area contributed by atoms with Crippen LogP contribution in [0.1, 0.15) is 30.2 Å². The van der Waals surface area contributed by atoms with Crippen LogP contribution in [0.3, 0.4) is 0 Å². The minimum absolute atomic E-state index is 0.379. The number of fused-ring (bicyclic) bond motifs is 1. The smallest absolute Gasteiger partial charge is 0.388 e. The summed E-state index contributed by atoms with van der Waals surface area (Å²) in [4.78, 5) is 16.9. The highest BCUT2D eigenvalue weighted by molar-refractivity contribution is 6.04. The zero-order valence-electron chi connectivity index (χ0n) is 16.7. The number of hydrogen-bond donors (Lipinski definition) is 2. The Hall–Kier alpha value is -3.35. The summed E-state index contributed by atoms with van der Waals surface area (Å²) in [6.07, 6.45) is 0.259. The first-order valence-electron chi connectivity index (χ1n) is 9.58. The molecule has 7 heteroatoms. The van der Waals surface area contributed by atoms with E-state index in [1.165, 1.54) is 24.3 Å². The second kappa shape index (κ2) is 8.98. The van der Waals surface area contributed by atoms with Gasteiger partial charge in [0.05, 0.1) is 11.1 Å². The predicted molar refractivity (Wildman–Crippen MR) is 114 cm³/mol. The van der Waals surface area contributed by atoms with Crippen molar-refractivity contribution in [3.63, 3.8) is 0 Å². The van der Waals surface area contributed by atoms with Gasteiger partial charge in [0.15, 0.2) is 0 Å². The summed E-state index contributed by atoms with van der Waals surface area (Å²) >= 11 is 0. The molecule has 4 nitrogen and oxygen atoms in total. The fourth-order valence-corrected chi connectivity index (χ4v) is 3.09. The molecule has 0 bridgehead atoms. The minimum Gasteiger partial charge on any atom is -0.388 e. The second-order valence-electron chi connectivity index (χ2n) is 6.84. The van der Waals surface area contributed by atoms with Gasteiger partial charge in [-0.2, -0.15) is 13.2 Å². The Balaban J connectivity index is 1.74. The molecule has 0 aliphatic heterocycles. The van der Waals surface area contributed by atoms with Crippen molar-refractivity contribution in [2.24, 2.45) is 0 Å².